The molecule has 2 heterocycles. The van der Waals surface area contributed by atoms with Crippen LogP contribution in [0.1, 0.15) is 12.0 Å². The minimum Gasteiger partial charge on any atom is -0.494 e. The van der Waals surface area contributed by atoms with E-state index < -0.39 is 0 Å². The number of fused-ring (bicyclic) bond motifs is 1. The van der Waals surface area contributed by atoms with Crippen molar-refractivity contribution in [3.8, 4) is 28.4 Å². The zero-order valence-corrected chi connectivity index (χ0v) is 18.6. The quantitative estimate of drug-likeness (QED) is 0.367. The molecule has 0 bridgehead atoms. The van der Waals surface area contributed by atoms with Gasteiger partial charge in [-0.3, -0.25) is 9.36 Å². The number of thiophene rings is 1. The van der Waals surface area contributed by atoms with Gasteiger partial charge >= 0.3 is 0 Å². The smallest absolute Gasteiger partial charge is 0.262 e. The van der Waals surface area contributed by atoms with E-state index in [4.69, 9.17) is 14.2 Å². The maximum atomic E-state index is 13.2. The lowest BCUT2D eigenvalue weighted by atomic mass is 10.1. The van der Waals surface area contributed by atoms with E-state index in [2.05, 4.69) is 4.98 Å². The molecule has 0 spiro atoms. The number of rotatable bonds is 8. The molecule has 6 nitrogen and oxygen atoms in total. The molecule has 0 aliphatic rings. The number of aryl methyl sites for hydroxylation is 2. The van der Waals surface area contributed by atoms with Crippen LogP contribution in [-0.2, 0) is 6.54 Å². The predicted octanol–water partition coefficient (Wildman–Crippen LogP) is 4.92. The highest BCUT2D eigenvalue weighted by Gasteiger charge is 2.15. The largest absolute Gasteiger partial charge is 0.494 e. The van der Waals surface area contributed by atoms with Gasteiger partial charge in [-0.2, -0.15) is 0 Å². The van der Waals surface area contributed by atoms with Gasteiger partial charge in [0.25, 0.3) is 5.56 Å². The highest BCUT2D eigenvalue weighted by atomic mass is 32.1. The molecule has 7 heteroatoms. The summed E-state index contributed by atoms with van der Waals surface area (Å²) in [5, 5.41) is 2.59. The average molecular weight is 437 g/mol. The number of hydrogen-bond acceptors (Lipinski definition) is 6. The van der Waals surface area contributed by atoms with E-state index in [1.165, 1.54) is 16.9 Å². The molecule has 2 aromatic carbocycles. The molecule has 0 unspecified atom stereocenters. The maximum absolute atomic E-state index is 13.2. The molecule has 0 saturated carbocycles. The SMILES string of the molecule is COc1ccc(-c2csc3ncn(CCCOc4ccc(C)cc4)c(=O)c23)cc1OC. The first-order valence-corrected chi connectivity index (χ1v) is 10.9. The molecule has 31 heavy (non-hydrogen) atoms. The lowest BCUT2D eigenvalue weighted by Gasteiger charge is -2.10. The van der Waals surface area contributed by atoms with Crippen molar-refractivity contribution in [3.63, 3.8) is 0 Å². The van der Waals surface area contributed by atoms with Crippen molar-refractivity contribution in [2.45, 2.75) is 19.9 Å². The van der Waals surface area contributed by atoms with Gasteiger partial charge in [0.1, 0.15) is 10.6 Å². The summed E-state index contributed by atoms with van der Waals surface area (Å²) < 4.78 is 18.2. The molecule has 0 aliphatic carbocycles. The summed E-state index contributed by atoms with van der Waals surface area (Å²) in [6.45, 7) is 3.11. The molecule has 0 saturated heterocycles. The van der Waals surface area contributed by atoms with E-state index in [0.717, 1.165) is 21.7 Å². The van der Waals surface area contributed by atoms with Gasteiger partial charge < -0.3 is 14.2 Å². The first kappa shape index (κ1) is 20.9. The standard InChI is InChI=1S/C24H24N2O4S/c1-16-5-8-18(9-6-16)30-12-4-11-26-15-25-23-22(24(26)27)19(14-31-23)17-7-10-20(28-2)21(13-17)29-3/h5-10,13-15H,4,11-12H2,1-3H3. The van der Waals surface area contributed by atoms with Crippen molar-refractivity contribution in [1.29, 1.82) is 0 Å². The summed E-state index contributed by atoms with van der Waals surface area (Å²) >= 11 is 1.46. The summed E-state index contributed by atoms with van der Waals surface area (Å²) in [6.07, 6.45) is 2.32. The molecule has 4 rings (SSSR count). The fourth-order valence-electron chi connectivity index (χ4n) is 3.40. The van der Waals surface area contributed by atoms with Crippen molar-refractivity contribution in [1.82, 2.24) is 9.55 Å². The summed E-state index contributed by atoms with van der Waals surface area (Å²) in [4.78, 5) is 18.4. The second kappa shape index (κ2) is 9.22. The molecular weight excluding hydrogens is 412 g/mol. The van der Waals surface area contributed by atoms with Gasteiger partial charge in [0.2, 0.25) is 0 Å². The van der Waals surface area contributed by atoms with E-state index in [1.54, 1.807) is 25.1 Å². The molecule has 0 atom stereocenters. The lowest BCUT2D eigenvalue weighted by Crippen LogP contribution is -2.21. The van der Waals surface area contributed by atoms with Crippen molar-refractivity contribution in [2.24, 2.45) is 0 Å². The normalized spacial score (nSPS) is 10.9. The number of nitrogens with zero attached hydrogens (tertiary/aromatic N) is 2. The molecule has 4 aromatic rings. The zero-order chi connectivity index (χ0) is 21.8. The van der Waals surface area contributed by atoms with Gasteiger partial charge in [-0.1, -0.05) is 23.8 Å². The van der Waals surface area contributed by atoms with Gasteiger partial charge in [0, 0.05) is 17.5 Å². The van der Waals surface area contributed by atoms with E-state index in [9.17, 15) is 4.79 Å². The Labute approximate surface area is 184 Å². The van der Waals surface area contributed by atoms with Gasteiger partial charge in [-0.05, 0) is 43.2 Å². The summed E-state index contributed by atoms with van der Waals surface area (Å²) in [7, 11) is 3.20. The average Bonchev–Trinajstić information content (AvgIpc) is 3.23. The number of methoxy groups -OCH3 is 2. The molecular formula is C24H24N2O4S. The van der Waals surface area contributed by atoms with Crippen LogP contribution < -0.4 is 19.8 Å². The molecule has 0 amide bonds. The highest BCUT2D eigenvalue weighted by molar-refractivity contribution is 7.17. The maximum Gasteiger partial charge on any atom is 0.262 e. The Hall–Kier alpha value is -3.32. The molecule has 0 N–H and O–H groups in total. The van der Waals surface area contributed by atoms with Crippen LogP contribution in [0.15, 0.2) is 59.0 Å². The Kier molecular flexibility index (Phi) is 6.23. The van der Waals surface area contributed by atoms with E-state index in [0.29, 0.717) is 36.5 Å². The Balaban J connectivity index is 1.55. The molecule has 2 aromatic heterocycles. The fraction of sp³-hybridized carbons (Fsp3) is 0.250. The van der Waals surface area contributed by atoms with Gasteiger partial charge in [0.15, 0.2) is 11.5 Å². The van der Waals surface area contributed by atoms with Crippen LogP contribution in [0.5, 0.6) is 17.2 Å². The Morgan fingerprint density at radius 3 is 2.55 bits per heavy atom. The number of hydrogen-bond donors (Lipinski definition) is 0. The van der Waals surface area contributed by atoms with Crippen LogP contribution in [0.2, 0.25) is 0 Å². The monoisotopic (exact) mass is 436 g/mol. The number of benzene rings is 2. The topological polar surface area (TPSA) is 62.6 Å². The van der Waals surface area contributed by atoms with E-state index in [1.807, 2.05) is 54.8 Å². The molecule has 0 radical (unpaired) electrons. The van der Waals surface area contributed by atoms with Crippen molar-refractivity contribution >= 4 is 21.6 Å². The highest BCUT2D eigenvalue weighted by Crippen LogP contribution is 2.36. The summed E-state index contributed by atoms with van der Waals surface area (Å²) in [5.41, 5.74) is 2.89. The van der Waals surface area contributed by atoms with Crippen molar-refractivity contribution < 1.29 is 14.2 Å². The fourth-order valence-corrected chi connectivity index (χ4v) is 4.31. The summed E-state index contributed by atoms with van der Waals surface area (Å²) in [6, 6.07) is 13.6. The minimum atomic E-state index is -0.0497. The molecule has 160 valence electrons. The number of aromatic nitrogens is 2. The van der Waals surface area contributed by atoms with Crippen LogP contribution in [0.3, 0.4) is 0 Å². The van der Waals surface area contributed by atoms with Gasteiger partial charge in [0.05, 0.1) is 32.5 Å². The second-order valence-electron chi connectivity index (χ2n) is 7.16. The third-order valence-corrected chi connectivity index (χ3v) is 5.97. The lowest BCUT2D eigenvalue weighted by molar-refractivity contribution is 0.301. The van der Waals surface area contributed by atoms with Crippen LogP contribution >= 0.6 is 11.3 Å². The molecule has 0 aliphatic heterocycles. The molecule has 0 fully saturated rings. The Morgan fingerprint density at radius 1 is 1.03 bits per heavy atom. The second-order valence-corrected chi connectivity index (χ2v) is 8.02. The van der Waals surface area contributed by atoms with Crippen molar-refractivity contribution in [3.05, 3.63) is 70.1 Å². The van der Waals surface area contributed by atoms with Crippen LogP contribution in [0, 0.1) is 6.92 Å². The zero-order valence-electron chi connectivity index (χ0n) is 17.8. The first-order chi connectivity index (χ1) is 15.1. The van der Waals surface area contributed by atoms with E-state index in [-0.39, 0.29) is 5.56 Å². The van der Waals surface area contributed by atoms with Gasteiger partial charge in [-0.25, -0.2) is 4.98 Å². The van der Waals surface area contributed by atoms with Crippen LogP contribution in [0.25, 0.3) is 21.3 Å². The summed E-state index contributed by atoms with van der Waals surface area (Å²) in [5.74, 6) is 2.10. The third-order valence-electron chi connectivity index (χ3n) is 5.09. The van der Waals surface area contributed by atoms with Crippen LogP contribution in [-0.4, -0.2) is 30.4 Å². The van der Waals surface area contributed by atoms with Crippen LogP contribution in [0.4, 0.5) is 0 Å². The first-order valence-electron chi connectivity index (χ1n) is 9.99. The van der Waals surface area contributed by atoms with Gasteiger partial charge in [-0.15, -0.1) is 11.3 Å². The third kappa shape index (κ3) is 4.41. The van der Waals surface area contributed by atoms with Crippen molar-refractivity contribution in [2.75, 3.05) is 20.8 Å². The predicted molar refractivity (Wildman–Crippen MR) is 124 cm³/mol. The van der Waals surface area contributed by atoms with E-state index >= 15 is 0 Å². The Morgan fingerprint density at radius 2 is 1.81 bits per heavy atom. The minimum absolute atomic E-state index is 0.0497. The Bertz CT molecular complexity index is 1240. The number of ether oxygens (including phenoxy) is 3.